The third-order valence-corrected chi connectivity index (χ3v) is 19.0. The first-order valence-corrected chi connectivity index (χ1v) is 25.9. The second kappa shape index (κ2) is 17.4. The van der Waals surface area contributed by atoms with Crippen LogP contribution in [0.15, 0.2) is 143 Å². The third-order valence-electron chi connectivity index (χ3n) is 12.4. The predicted molar refractivity (Wildman–Crippen MR) is 291 cm³/mol. The minimum absolute atomic E-state index is 0.0349. The lowest BCUT2D eigenvalue weighted by Gasteiger charge is -2.21. The van der Waals surface area contributed by atoms with E-state index in [0.717, 1.165) is 97.1 Å². The first kappa shape index (κ1) is 44.8. The van der Waals surface area contributed by atoms with Crippen molar-refractivity contribution in [2.45, 2.75) is 19.8 Å². The Labute approximate surface area is 424 Å². The minimum atomic E-state index is -1.25. The van der Waals surface area contributed by atoms with Gasteiger partial charge in [0.25, 0.3) is 0 Å². The van der Waals surface area contributed by atoms with E-state index < -0.39 is 16.8 Å². The minimum Gasteiger partial charge on any atom is -0.508 e. The maximum atomic E-state index is 15.5. The van der Waals surface area contributed by atoms with Gasteiger partial charge in [-0.15, -0.1) is 22.7 Å². The second-order valence-electron chi connectivity index (χ2n) is 16.4. The number of phenols is 1. The highest BCUT2D eigenvalue weighted by Gasteiger charge is 2.33. The molecule has 0 radical (unpaired) electrons. The average molecular weight is 1040 g/mol. The monoisotopic (exact) mass is 1040 g/mol. The van der Waals surface area contributed by atoms with Gasteiger partial charge in [0.05, 0.1) is 37.1 Å². The molecule has 0 saturated carbocycles. The van der Waals surface area contributed by atoms with Gasteiger partial charge in [0.1, 0.15) is 5.75 Å². The van der Waals surface area contributed by atoms with Crippen LogP contribution in [0, 0.1) is 13.8 Å². The van der Waals surface area contributed by atoms with Gasteiger partial charge in [-0.25, -0.2) is 0 Å². The topological polar surface area (TPSA) is 94.8 Å². The molecule has 5 nitrogen and oxygen atoms in total. The Balaban J connectivity index is 1.20. The SMILES string of the molecule is Cc1c2sc(-c3ccccc3)c(-c3ccc(Cl)c(Cl)c3)c2cc2c(=O)c(C(c3ccc(O)cc3)c3c(O)sc4c(C)c5sc(-c6ccccc6)c(-c6ccc(Cl)c(Cl)c6)c5cc4c3=O)c(O)sc12. The number of thiophene rings is 2. The fraction of sp³-hybridized carbons (Fsp3) is 0.0545. The summed E-state index contributed by atoms with van der Waals surface area (Å²) >= 11 is 31.4. The first-order valence-electron chi connectivity index (χ1n) is 21.1. The number of hydrogen-bond donors (Lipinski definition) is 3. The molecule has 3 N–H and O–H groups in total. The molecule has 68 heavy (non-hydrogen) atoms. The summed E-state index contributed by atoms with van der Waals surface area (Å²) in [6.45, 7) is 3.88. The van der Waals surface area contributed by atoms with Crippen LogP contribution >= 0.6 is 91.8 Å². The number of halogens is 4. The van der Waals surface area contributed by atoms with Gasteiger partial charge < -0.3 is 15.3 Å². The van der Waals surface area contributed by atoms with Crippen LogP contribution < -0.4 is 10.9 Å². The van der Waals surface area contributed by atoms with E-state index in [2.05, 4.69) is 0 Å². The van der Waals surface area contributed by atoms with Crippen molar-refractivity contribution in [2.75, 3.05) is 0 Å². The Bertz CT molecular complexity index is 3770. The molecule has 4 heterocycles. The molecule has 0 amide bonds. The van der Waals surface area contributed by atoms with Crippen LogP contribution in [0.5, 0.6) is 15.9 Å². The van der Waals surface area contributed by atoms with Gasteiger partial charge in [0, 0.05) is 61.2 Å². The molecular weight excluding hydrogens is 1010 g/mol. The molecule has 0 fully saturated rings. The molecule has 0 spiro atoms. The third kappa shape index (κ3) is 7.31. The second-order valence-corrected chi connectivity index (χ2v) is 22.1. The van der Waals surface area contributed by atoms with Gasteiger partial charge >= 0.3 is 0 Å². The molecule has 0 saturated heterocycles. The van der Waals surface area contributed by atoms with E-state index in [1.165, 1.54) is 12.1 Å². The van der Waals surface area contributed by atoms with Gasteiger partial charge in [-0.3, -0.25) is 9.59 Å². The van der Waals surface area contributed by atoms with Crippen molar-refractivity contribution in [3.05, 3.63) is 202 Å². The molecule has 4 aromatic heterocycles. The van der Waals surface area contributed by atoms with E-state index in [4.69, 9.17) is 46.4 Å². The lowest BCUT2D eigenvalue weighted by molar-refractivity contribution is 0.472. The summed E-state index contributed by atoms with van der Waals surface area (Å²) in [5.74, 6) is -1.29. The van der Waals surface area contributed by atoms with Crippen molar-refractivity contribution < 1.29 is 15.3 Å². The van der Waals surface area contributed by atoms with E-state index in [9.17, 15) is 15.3 Å². The van der Waals surface area contributed by atoms with Crippen molar-refractivity contribution in [3.8, 4) is 59.0 Å². The number of phenolic OH excluding ortho intramolecular Hbond substituents is 1. The van der Waals surface area contributed by atoms with E-state index in [1.807, 2.05) is 111 Å². The first-order chi connectivity index (χ1) is 32.8. The van der Waals surface area contributed by atoms with Crippen LogP contribution in [0.3, 0.4) is 0 Å². The lowest BCUT2D eigenvalue weighted by Crippen LogP contribution is -2.21. The molecule has 334 valence electrons. The van der Waals surface area contributed by atoms with Crippen LogP contribution in [0.4, 0.5) is 0 Å². The molecule has 0 aliphatic rings. The summed E-state index contributed by atoms with van der Waals surface area (Å²) in [5, 5.41) is 38.3. The summed E-state index contributed by atoms with van der Waals surface area (Å²) in [6.07, 6.45) is 0. The molecule has 11 aromatic rings. The number of hydrogen-bond acceptors (Lipinski definition) is 9. The summed E-state index contributed by atoms with van der Waals surface area (Å²) in [4.78, 5) is 32.9. The summed E-state index contributed by atoms with van der Waals surface area (Å²) in [5.41, 5.74) is 6.19. The maximum absolute atomic E-state index is 15.5. The highest BCUT2D eigenvalue weighted by Crippen LogP contribution is 2.52. The molecule has 7 aromatic carbocycles. The van der Waals surface area contributed by atoms with Crippen molar-refractivity contribution in [1.29, 1.82) is 0 Å². The number of benzene rings is 7. The molecule has 0 atom stereocenters. The lowest BCUT2D eigenvalue weighted by atomic mass is 9.85. The van der Waals surface area contributed by atoms with Crippen LogP contribution in [0.2, 0.25) is 20.1 Å². The number of rotatable bonds is 7. The van der Waals surface area contributed by atoms with E-state index in [0.29, 0.717) is 45.8 Å². The van der Waals surface area contributed by atoms with Crippen molar-refractivity contribution in [2.24, 2.45) is 0 Å². The zero-order valence-electron chi connectivity index (χ0n) is 35.6. The number of fused-ring (bicyclic) bond motifs is 4. The zero-order chi connectivity index (χ0) is 47.3. The van der Waals surface area contributed by atoms with Gasteiger partial charge in [0.15, 0.2) is 21.0 Å². The fourth-order valence-corrected chi connectivity index (χ4v) is 14.7. The molecular formula is C55H32Cl4O5S4. The van der Waals surface area contributed by atoms with Crippen LogP contribution in [-0.4, -0.2) is 15.3 Å². The van der Waals surface area contributed by atoms with Gasteiger partial charge in [-0.05, 0) is 101 Å². The average Bonchev–Trinajstić information content (AvgIpc) is 3.92. The Morgan fingerprint density at radius 3 is 1.22 bits per heavy atom. The molecule has 0 unspecified atom stereocenters. The van der Waals surface area contributed by atoms with Gasteiger partial charge in [-0.1, -0.05) is 154 Å². The predicted octanol–water partition coefficient (Wildman–Crippen LogP) is 17.5. The van der Waals surface area contributed by atoms with Crippen LogP contribution in [0.25, 0.3) is 83.5 Å². The fourth-order valence-electron chi connectivity index (χ4n) is 9.25. The maximum Gasteiger partial charge on any atom is 0.196 e. The Morgan fingerprint density at radius 1 is 0.426 bits per heavy atom. The van der Waals surface area contributed by atoms with E-state index >= 15 is 9.59 Å². The van der Waals surface area contributed by atoms with Crippen molar-refractivity contribution in [1.82, 2.24) is 0 Å². The van der Waals surface area contributed by atoms with Crippen LogP contribution in [0.1, 0.15) is 33.7 Å². The van der Waals surface area contributed by atoms with E-state index in [1.54, 1.807) is 46.9 Å². The highest BCUT2D eigenvalue weighted by molar-refractivity contribution is 7.25. The molecule has 0 aliphatic heterocycles. The van der Waals surface area contributed by atoms with E-state index in [-0.39, 0.29) is 27.0 Å². The smallest absolute Gasteiger partial charge is 0.196 e. The molecule has 13 heteroatoms. The largest absolute Gasteiger partial charge is 0.508 e. The summed E-state index contributed by atoms with van der Waals surface area (Å²) in [7, 11) is 0. The quantitative estimate of drug-likeness (QED) is 0.148. The Kier molecular flexibility index (Phi) is 11.4. The Morgan fingerprint density at radius 2 is 0.824 bits per heavy atom. The summed E-state index contributed by atoms with van der Waals surface area (Å²) in [6, 6.07) is 40.8. The van der Waals surface area contributed by atoms with Crippen LogP contribution in [-0.2, 0) is 0 Å². The number of aromatic hydroxyl groups is 3. The number of aryl methyl sites for hydroxylation is 2. The normalized spacial score (nSPS) is 11.8. The van der Waals surface area contributed by atoms with Crippen molar-refractivity contribution in [3.63, 3.8) is 0 Å². The standard InChI is InChI=1S/C55H32Cl4O5S4/c1-25-48-33(41(30-15-19-37(56)39(58)21-30)52(65-48)28-9-5-3-6-10-28)23-35-46(61)44(54(63)67-50(25)35)43(27-13-17-32(60)18-14-27)45-47(62)36-24-34-42(31-16-20-38(57)40(59)22-31)53(29-11-7-4-8-12-29)66-49(34)26(2)51(36)68-55(45)64/h3-24,43,60,63-64H,1-2H3. The summed E-state index contributed by atoms with van der Waals surface area (Å²) < 4.78 is 3.03. The molecule has 0 bridgehead atoms. The zero-order valence-corrected chi connectivity index (χ0v) is 41.9. The van der Waals surface area contributed by atoms with Gasteiger partial charge in [0.2, 0.25) is 0 Å². The Hall–Kier alpha value is -5.72. The molecule has 0 aliphatic carbocycles. The van der Waals surface area contributed by atoms with Crippen molar-refractivity contribution >= 4 is 132 Å². The van der Waals surface area contributed by atoms with Gasteiger partial charge in [-0.2, -0.15) is 0 Å². The molecule has 11 rings (SSSR count). The highest BCUT2D eigenvalue weighted by atomic mass is 35.5.